The van der Waals surface area contributed by atoms with Crippen molar-refractivity contribution in [1.82, 2.24) is 9.47 Å². The van der Waals surface area contributed by atoms with Crippen LogP contribution in [0.25, 0.3) is 0 Å². The SMILES string of the molecule is CC1(C)CC(C(=O)N2CC3CC(C2)c2cccc(=O)n2C3)CCO1. The van der Waals surface area contributed by atoms with Gasteiger partial charge in [0, 0.05) is 49.8 Å². The third-order valence-corrected chi connectivity index (χ3v) is 5.84. The van der Waals surface area contributed by atoms with Crippen LogP contribution in [0.4, 0.5) is 0 Å². The van der Waals surface area contributed by atoms with Gasteiger partial charge in [0.05, 0.1) is 5.60 Å². The summed E-state index contributed by atoms with van der Waals surface area (Å²) in [5.74, 6) is 1.05. The van der Waals surface area contributed by atoms with Crippen LogP contribution in [-0.4, -0.2) is 40.7 Å². The summed E-state index contributed by atoms with van der Waals surface area (Å²) >= 11 is 0. The van der Waals surface area contributed by atoms with Gasteiger partial charge in [0.15, 0.2) is 0 Å². The maximum atomic E-state index is 13.1. The second-order valence-corrected chi connectivity index (χ2v) is 8.24. The van der Waals surface area contributed by atoms with E-state index < -0.39 is 0 Å². The molecule has 2 saturated heterocycles. The number of hydrogen-bond donors (Lipinski definition) is 0. The van der Waals surface area contributed by atoms with Crippen molar-refractivity contribution < 1.29 is 9.53 Å². The standard InChI is InChI=1S/C19H26N2O3/c1-19(2)9-14(6-7-24-19)18(23)20-10-13-8-15(12-20)16-4-3-5-17(22)21(16)11-13/h3-5,13-15H,6-12H2,1-2H3. The van der Waals surface area contributed by atoms with Gasteiger partial charge in [0.25, 0.3) is 5.56 Å². The average Bonchev–Trinajstić information content (AvgIpc) is 2.54. The van der Waals surface area contributed by atoms with Gasteiger partial charge in [-0.25, -0.2) is 0 Å². The third kappa shape index (κ3) is 2.79. The Labute approximate surface area is 142 Å². The average molecular weight is 330 g/mol. The van der Waals surface area contributed by atoms with Gasteiger partial charge in [-0.05, 0) is 45.1 Å². The number of aromatic nitrogens is 1. The van der Waals surface area contributed by atoms with E-state index >= 15 is 0 Å². The van der Waals surface area contributed by atoms with Crippen molar-refractivity contribution in [2.24, 2.45) is 11.8 Å². The molecule has 0 aliphatic carbocycles. The van der Waals surface area contributed by atoms with E-state index in [1.165, 1.54) is 0 Å². The topological polar surface area (TPSA) is 51.5 Å². The lowest BCUT2D eigenvalue weighted by atomic mass is 9.81. The first kappa shape index (κ1) is 15.9. The van der Waals surface area contributed by atoms with E-state index in [2.05, 4.69) is 18.7 Å². The molecule has 0 aromatic carbocycles. The predicted octanol–water partition coefficient (Wildman–Crippen LogP) is 2.00. The Balaban J connectivity index is 1.54. The molecule has 5 heteroatoms. The fraction of sp³-hybridized carbons (Fsp3) is 0.684. The highest BCUT2D eigenvalue weighted by molar-refractivity contribution is 5.79. The third-order valence-electron chi connectivity index (χ3n) is 5.84. The van der Waals surface area contributed by atoms with Crippen LogP contribution in [-0.2, 0) is 16.1 Å². The molecule has 3 atom stereocenters. The number of pyridine rings is 1. The highest BCUT2D eigenvalue weighted by atomic mass is 16.5. The van der Waals surface area contributed by atoms with Gasteiger partial charge in [-0.3, -0.25) is 9.59 Å². The van der Waals surface area contributed by atoms with Crippen molar-refractivity contribution in [3.05, 3.63) is 34.2 Å². The summed E-state index contributed by atoms with van der Waals surface area (Å²) in [6.07, 6.45) is 2.71. The second-order valence-electron chi connectivity index (χ2n) is 8.24. The first-order valence-corrected chi connectivity index (χ1v) is 9.05. The highest BCUT2D eigenvalue weighted by Gasteiger charge is 2.40. The minimum absolute atomic E-state index is 0.0746. The summed E-state index contributed by atoms with van der Waals surface area (Å²) in [5, 5.41) is 0. The molecule has 2 fully saturated rings. The van der Waals surface area contributed by atoms with Crippen LogP contribution in [0.2, 0.25) is 0 Å². The highest BCUT2D eigenvalue weighted by Crippen LogP contribution is 2.37. The Morgan fingerprint density at radius 2 is 2.08 bits per heavy atom. The lowest BCUT2D eigenvalue weighted by Crippen LogP contribution is -2.52. The summed E-state index contributed by atoms with van der Waals surface area (Å²) in [6, 6.07) is 5.53. The van der Waals surface area contributed by atoms with Crippen molar-refractivity contribution in [3.8, 4) is 0 Å². The van der Waals surface area contributed by atoms with Gasteiger partial charge in [-0.15, -0.1) is 0 Å². The quantitative estimate of drug-likeness (QED) is 0.791. The number of nitrogens with zero attached hydrogens (tertiary/aromatic N) is 2. The van der Waals surface area contributed by atoms with Crippen molar-refractivity contribution in [2.45, 2.75) is 51.2 Å². The Hall–Kier alpha value is -1.62. The molecule has 5 nitrogen and oxygen atoms in total. The van der Waals surface area contributed by atoms with Crippen LogP contribution in [0, 0.1) is 11.8 Å². The van der Waals surface area contributed by atoms with E-state index in [1.807, 2.05) is 16.7 Å². The molecule has 24 heavy (non-hydrogen) atoms. The molecule has 0 radical (unpaired) electrons. The smallest absolute Gasteiger partial charge is 0.250 e. The summed E-state index contributed by atoms with van der Waals surface area (Å²) in [4.78, 5) is 27.2. The molecule has 3 unspecified atom stereocenters. The number of carbonyl (C=O) groups is 1. The minimum atomic E-state index is -0.204. The molecular formula is C19H26N2O3. The van der Waals surface area contributed by atoms with E-state index in [4.69, 9.17) is 4.74 Å². The number of likely N-dealkylation sites (tertiary alicyclic amines) is 1. The van der Waals surface area contributed by atoms with Crippen LogP contribution in [0.3, 0.4) is 0 Å². The fourth-order valence-electron chi connectivity index (χ4n) is 4.78. The molecule has 0 N–H and O–H groups in total. The largest absolute Gasteiger partial charge is 0.376 e. The molecular weight excluding hydrogens is 304 g/mol. The lowest BCUT2D eigenvalue weighted by Gasteiger charge is -2.45. The zero-order chi connectivity index (χ0) is 16.9. The maximum Gasteiger partial charge on any atom is 0.250 e. The van der Waals surface area contributed by atoms with Crippen LogP contribution < -0.4 is 5.56 Å². The summed E-state index contributed by atoms with van der Waals surface area (Å²) in [5.41, 5.74) is 0.987. The number of fused-ring (bicyclic) bond motifs is 4. The van der Waals surface area contributed by atoms with Crippen molar-refractivity contribution >= 4 is 5.91 Å². The van der Waals surface area contributed by atoms with Gasteiger partial charge in [-0.2, -0.15) is 0 Å². The van der Waals surface area contributed by atoms with Crippen LogP contribution in [0.1, 0.15) is 44.7 Å². The van der Waals surface area contributed by atoms with Crippen LogP contribution in [0.5, 0.6) is 0 Å². The van der Waals surface area contributed by atoms with E-state index in [1.54, 1.807) is 6.07 Å². The Morgan fingerprint density at radius 1 is 1.25 bits per heavy atom. The van der Waals surface area contributed by atoms with Gasteiger partial charge >= 0.3 is 0 Å². The number of hydrogen-bond acceptors (Lipinski definition) is 3. The molecule has 1 aromatic heterocycles. The Morgan fingerprint density at radius 3 is 2.88 bits per heavy atom. The summed E-state index contributed by atoms with van der Waals surface area (Å²) in [7, 11) is 0. The minimum Gasteiger partial charge on any atom is -0.376 e. The molecule has 0 spiro atoms. The van der Waals surface area contributed by atoms with E-state index in [9.17, 15) is 9.59 Å². The first-order valence-electron chi connectivity index (χ1n) is 9.05. The van der Waals surface area contributed by atoms with Gasteiger partial charge in [0.2, 0.25) is 5.91 Å². The number of rotatable bonds is 1. The molecule has 2 bridgehead atoms. The second kappa shape index (κ2) is 5.73. The fourth-order valence-corrected chi connectivity index (χ4v) is 4.78. The zero-order valence-electron chi connectivity index (χ0n) is 14.5. The Bertz CT molecular complexity index is 709. The number of piperidine rings is 1. The number of ether oxygens (including phenoxy) is 1. The molecule has 130 valence electrons. The van der Waals surface area contributed by atoms with E-state index in [-0.39, 0.29) is 23.0 Å². The first-order chi connectivity index (χ1) is 11.4. The molecule has 4 rings (SSSR count). The molecule has 3 aliphatic heterocycles. The van der Waals surface area contributed by atoms with Gasteiger partial charge < -0.3 is 14.2 Å². The predicted molar refractivity (Wildman–Crippen MR) is 90.9 cm³/mol. The van der Waals surface area contributed by atoms with Crippen LogP contribution >= 0.6 is 0 Å². The van der Waals surface area contributed by atoms with E-state index in [0.29, 0.717) is 18.4 Å². The van der Waals surface area contributed by atoms with Gasteiger partial charge in [-0.1, -0.05) is 6.07 Å². The summed E-state index contributed by atoms with van der Waals surface area (Å²) in [6.45, 7) is 7.08. The molecule has 3 aliphatic rings. The van der Waals surface area contributed by atoms with E-state index in [0.717, 1.165) is 44.6 Å². The van der Waals surface area contributed by atoms with Crippen molar-refractivity contribution in [2.75, 3.05) is 19.7 Å². The normalized spacial score (nSPS) is 31.4. The maximum absolute atomic E-state index is 13.1. The zero-order valence-corrected chi connectivity index (χ0v) is 14.5. The molecule has 1 amide bonds. The molecule has 0 saturated carbocycles. The molecule has 4 heterocycles. The van der Waals surface area contributed by atoms with Gasteiger partial charge in [0.1, 0.15) is 0 Å². The molecule has 1 aromatic rings. The lowest BCUT2D eigenvalue weighted by molar-refractivity contribution is -0.148. The van der Waals surface area contributed by atoms with Crippen LogP contribution in [0.15, 0.2) is 23.0 Å². The summed E-state index contributed by atoms with van der Waals surface area (Å²) < 4.78 is 7.67. The monoisotopic (exact) mass is 330 g/mol. The number of carbonyl (C=O) groups excluding carboxylic acids is 1. The van der Waals surface area contributed by atoms with Crippen molar-refractivity contribution in [1.29, 1.82) is 0 Å². The Kier molecular flexibility index (Phi) is 3.79. The number of amides is 1. The van der Waals surface area contributed by atoms with Crippen molar-refractivity contribution in [3.63, 3.8) is 0 Å².